The number of carbonyl (C=O) groups excluding carboxylic acids is 1. The van der Waals surface area contributed by atoms with Crippen LogP contribution in [-0.4, -0.2) is 18.4 Å². The molecule has 0 atom stereocenters. The molecule has 2 rings (SSSR count). The van der Waals surface area contributed by atoms with E-state index in [9.17, 15) is 4.79 Å². The molecule has 1 heterocycles. The summed E-state index contributed by atoms with van der Waals surface area (Å²) in [5.74, 6) is 0.185. The lowest BCUT2D eigenvalue weighted by Crippen LogP contribution is -2.30. The fraction of sp³-hybridized carbons (Fsp3) is 0.294. The Morgan fingerprint density at radius 2 is 2.00 bits per heavy atom. The normalized spacial score (nSPS) is 14.0. The van der Waals surface area contributed by atoms with Gasteiger partial charge in [0.2, 0.25) is 0 Å². The molecule has 1 aliphatic heterocycles. The zero-order chi connectivity index (χ0) is 16.3. The van der Waals surface area contributed by atoms with Crippen LogP contribution in [0.2, 0.25) is 0 Å². The van der Waals surface area contributed by atoms with Gasteiger partial charge in [0.1, 0.15) is 5.84 Å². The van der Waals surface area contributed by atoms with E-state index in [1.807, 2.05) is 32.9 Å². The van der Waals surface area contributed by atoms with Gasteiger partial charge in [-0.2, -0.15) is 0 Å². The van der Waals surface area contributed by atoms with Crippen molar-refractivity contribution in [3.05, 3.63) is 52.7 Å². The smallest absolute Gasteiger partial charge is 0.340 e. The molecule has 0 fully saturated rings. The van der Waals surface area contributed by atoms with Crippen molar-refractivity contribution in [3.8, 4) is 0 Å². The topological polar surface area (TPSA) is 62.7 Å². The number of amidine groups is 1. The van der Waals surface area contributed by atoms with Crippen LogP contribution in [0.4, 0.5) is 5.69 Å². The second kappa shape index (κ2) is 6.47. The van der Waals surface area contributed by atoms with E-state index in [-0.39, 0.29) is 0 Å². The number of esters is 1. The second-order valence-corrected chi connectivity index (χ2v) is 5.20. The molecular weight excluding hydrogens is 278 g/mol. The van der Waals surface area contributed by atoms with Crippen LogP contribution in [0.5, 0.6) is 0 Å². The molecule has 0 spiro atoms. The fourth-order valence-corrected chi connectivity index (χ4v) is 2.29. The third-order valence-corrected chi connectivity index (χ3v) is 3.44. The molecule has 0 saturated heterocycles. The van der Waals surface area contributed by atoms with Crippen LogP contribution < -0.4 is 10.9 Å². The van der Waals surface area contributed by atoms with Gasteiger partial charge in [-0.25, -0.2) is 9.79 Å². The summed E-state index contributed by atoms with van der Waals surface area (Å²) in [6.45, 7) is 11.8. The van der Waals surface area contributed by atoms with Crippen molar-refractivity contribution >= 4 is 17.5 Å². The number of aliphatic imine (C=N–C) groups is 1. The molecule has 1 aliphatic rings. The summed E-state index contributed by atoms with van der Waals surface area (Å²) in [4.78, 5) is 16.2. The zero-order valence-electron chi connectivity index (χ0n) is 13.4. The molecule has 2 N–H and O–H groups in total. The van der Waals surface area contributed by atoms with Crippen LogP contribution in [0.3, 0.4) is 0 Å². The maximum absolute atomic E-state index is 11.9. The van der Waals surface area contributed by atoms with E-state index in [1.54, 1.807) is 6.92 Å². The van der Waals surface area contributed by atoms with Crippen molar-refractivity contribution in [1.82, 2.24) is 5.43 Å². The zero-order valence-corrected chi connectivity index (χ0v) is 13.4. The summed E-state index contributed by atoms with van der Waals surface area (Å²) < 4.78 is 5.03. The number of nitrogens with zero attached hydrogens (tertiary/aromatic N) is 1. The Labute approximate surface area is 130 Å². The first-order valence-electron chi connectivity index (χ1n) is 7.19. The van der Waals surface area contributed by atoms with Gasteiger partial charge >= 0.3 is 5.97 Å². The van der Waals surface area contributed by atoms with Gasteiger partial charge in [0.25, 0.3) is 0 Å². The Kier molecular flexibility index (Phi) is 4.65. The molecule has 0 bridgehead atoms. The Balaban J connectivity index is 2.12. The fourth-order valence-electron chi connectivity index (χ4n) is 2.29. The highest BCUT2D eigenvalue weighted by Crippen LogP contribution is 2.24. The first-order valence-corrected chi connectivity index (χ1v) is 7.19. The van der Waals surface area contributed by atoms with E-state index < -0.39 is 5.97 Å². The van der Waals surface area contributed by atoms with Gasteiger partial charge in [0.05, 0.1) is 23.6 Å². The highest BCUT2D eigenvalue weighted by Gasteiger charge is 2.26. The molecule has 0 aliphatic carbocycles. The number of carbonyl (C=O) groups is 1. The molecule has 0 radical (unpaired) electrons. The van der Waals surface area contributed by atoms with Crippen LogP contribution in [-0.2, 0) is 9.53 Å². The van der Waals surface area contributed by atoms with E-state index in [2.05, 4.69) is 28.5 Å². The quantitative estimate of drug-likeness (QED) is 0.662. The van der Waals surface area contributed by atoms with E-state index in [0.717, 1.165) is 16.8 Å². The number of benzene rings is 1. The third kappa shape index (κ3) is 3.19. The second-order valence-electron chi connectivity index (χ2n) is 5.20. The van der Waals surface area contributed by atoms with Crippen molar-refractivity contribution < 1.29 is 9.53 Å². The summed E-state index contributed by atoms with van der Waals surface area (Å²) in [7, 11) is 0. The third-order valence-electron chi connectivity index (χ3n) is 3.44. The van der Waals surface area contributed by atoms with Crippen molar-refractivity contribution in [1.29, 1.82) is 0 Å². The molecular formula is C17H21N3O2. The summed E-state index contributed by atoms with van der Waals surface area (Å²) >= 11 is 0. The number of hydrazine groups is 1. The molecule has 0 aromatic heterocycles. The van der Waals surface area contributed by atoms with Crippen LogP contribution in [0.15, 0.2) is 46.6 Å². The Morgan fingerprint density at radius 3 is 2.64 bits per heavy atom. The molecule has 1 aromatic rings. The number of aryl methyl sites for hydroxylation is 2. The van der Waals surface area contributed by atoms with Crippen molar-refractivity contribution in [2.75, 3.05) is 12.0 Å². The van der Waals surface area contributed by atoms with Crippen LogP contribution in [0, 0.1) is 13.8 Å². The van der Waals surface area contributed by atoms with Gasteiger partial charge in [-0.15, -0.1) is 0 Å². The first kappa shape index (κ1) is 15.8. The Bertz CT molecular complexity index is 687. The van der Waals surface area contributed by atoms with E-state index in [1.165, 1.54) is 5.56 Å². The summed E-state index contributed by atoms with van der Waals surface area (Å²) in [5, 5.41) is 0. The maximum atomic E-state index is 11.9. The number of hydrogen-bond donors (Lipinski definition) is 2. The molecule has 0 amide bonds. The highest BCUT2D eigenvalue weighted by atomic mass is 16.5. The van der Waals surface area contributed by atoms with Gasteiger partial charge in [-0.05, 0) is 39.3 Å². The summed E-state index contributed by atoms with van der Waals surface area (Å²) in [5.41, 5.74) is 11.0. The van der Waals surface area contributed by atoms with Crippen LogP contribution in [0.25, 0.3) is 0 Å². The van der Waals surface area contributed by atoms with Crippen LogP contribution >= 0.6 is 0 Å². The van der Waals surface area contributed by atoms with Crippen molar-refractivity contribution in [3.63, 3.8) is 0 Å². The molecule has 22 heavy (non-hydrogen) atoms. The molecule has 5 nitrogen and oxygen atoms in total. The van der Waals surface area contributed by atoms with Gasteiger partial charge in [0.15, 0.2) is 0 Å². The minimum atomic E-state index is -0.392. The minimum absolute atomic E-state index is 0.326. The lowest BCUT2D eigenvalue weighted by molar-refractivity contribution is -0.138. The predicted octanol–water partition coefficient (Wildman–Crippen LogP) is 3.03. The van der Waals surface area contributed by atoms with Gasteiger partial charge < -0.3 is 4.74 Å². The van der Waals surface area contributed by atoms with E-state index >= 15 is 0 Å². The lowest BCUT2D eigenvalue weighted by atomic mass is 10.1. The summed E-state index contributed by atoms with van der Waals surface area (Å²) in [6.07, 6.45) is 0. The van der Waals surface area contributed by atoms with E-state index in [0.29, 0.717) is 23.7 Å². The Morgan fingerprint density at radius 1 is 1.27 bits per heavy atom. The lowest BCUT2D eigenvalue weighted by Gasteiger charge is -2.13. The summed E-state index contributed by atoms with van der Waals surface area (Å²) in [6, 6.07) is 6.11. The van der Waals surface area contributed by atoms with Crippen molar-refractivity contribution in [2.24, 2.45) is 4.99 Å². The SMILES string of the molecule is C=C1N=C(NNc2ccc(C)cc2C)C(C)=C1C(=O)OCC. The number of anilines is 1. The molecule has 0 saturated carbocycles. The van der Waals surface area contributed by atoms with Gasteiger partial charge in [-0.1, -0.05) is 24.3 Å². The van der Waals surface area contributed by atoms with Crippen molar-refractivity contribution in [2.45, 2.75) is 27.7 Å². The number of hydrogen-bond acceptors (Lipinski definition) is 5. The first-order chi connectivity index (χ1) is 10.4. The molecule has 116 valence electrons. The van der Waals surface area contributed by atoms with E-state index in [4.69, 9.17) is 4.74 Å². The highest BCUT2D eigenvalue weighted by molar-refractivity contribution is 6.11. The minimum Gasteiger partial charge on any atom is -0.462 e. The monoisotopic (exact) mass is 299 g/mol. The largest absolute Gasteiger partial charge is 0.462 e. The average molecular weight is 299 g/mol. The number of nitrogens with one attached hydrogen (secondary N) is 2. The predicted molar refractivity (Wildman–Crippen MR) is 88.6 cm³/mol. The maximum Gasteiger partial charge on any atom is 0.340 e. The van der Waals surface area contributed by atoms with Gasteiger partial charge in [0, 0.05) is 5.57 Å². The Hall–Kier alpha value is -2.56. The standard InChI is InChI=1S/C17H21N3O2/c1-6-22-17(21)15-12(4)16(18-13(15)5)20-19-14-8-7-10(2)9-11(14)3/h7-9,19H,5-6H2,1-4H3,(H,18,20). The van der Waals surface area contributed by atoms with Crippen LogP contribution in [0.1, 0.15) is 25.0 Å². The average Bonchev–Trinajstić information content (AvgIpc) is 2.73. The molecule has 1 aromatic carbocycles. The molecule has 5 heteroatoms. The molecule has 0 unspecified atom stereocenters. The number of rotatable bonds is 4. The number of ether oxygens (including phenoxy) is 1. The van der Waals surface area contributed by atoms with Gasteiger partial charge in [-0.3, -0.25) is 10.9 Å².